The molecule has 0 amide bonds. The van der Waals surface area contributed by atoms with Crippen LogP contribution in [0.2, 0.25) is 0 Å². The molecule has 206 valence electrons. The monoisotopic (exact) mass is 530 g/mol. The highest BCUT2D eigenvalue weighted by Gasteiger charge is 2.58. The number of ketones is 1. The van der Waals surface area contributed by atoms with E-state index in [9.17, 15) is 19.2 Å². The first-order valence-electron chi connectivity index (χ1n) is 12.9. The third-order valence-corrected chi connectivity index (χ3v) is 7.85. The molecule has 0 spiro atoms. The number of fused-ring (bicyclic) bond motifs is 2. The lowest BCUT2D eigenvalue weighted by atomic mass is 9.63. The van der Waals surface area contributed by atoms with E-state index in [4.69, 9.17) is 28.7 Å². The van der Waals surface area contributed by atoms with E-state index in [1.165, 1.54) is 13.2 Å². The molecule has 0 aromatic heterocycles. The summed E-state index contributed by atoms with van der Waals surface area (Å²) in [7, 11) is 2.36. The molecule has 4 rings (SSSR count). The highest BCUT2D eigenvalue weighted by molar-refractivity contribution is 6.38. The van der Waals surface area contributed by atoms with E-state index in [1.807, 2.05) is 13.8 Å². The van der Waals surface area contributed by atoms with Crippen molar-refractivity contribution in [2.24, 2.45) is 11.8 Å². The molecule has 38 heavy (non-hydrogen) atoms. The number of rotatable bonds is 8. The molecule has 0 saturated heterocycles. The molecule has 2 heterocycles. The summed E-state index contributed by atoms with van der Waals surface area (Å²) in [5.74, 6) is -2.70. The van der Waals surface area contributed by atoms with E-state index in [0.29, 0.717) is 40.2 Å². The van der Waals surface area contributed by atoms with Crippen molar-refractivity contribution in [2.45, 2.75) is 71.0 Å². The number of benzene rings is 1. The number of ether oxygens (including phenoxy) is 4. The Bertz CT molecular complexity index is 1170. The number of hydrogen-bond donors (Lipinski definition) is 0. The van der Waals surface area contributed by atoms with Crippen LogP contribution in [0.1, 0.15) is 75.7 Å². The van der Waals surface area contributed by atoms with Crippen LogP contribution < -0.4 is 9.62 Å². The fourth-order valence-electron chi connectivity index (χ4n) is 5.54. The average Bonchev–Trinajstić information content (AvgIpc) is 3.54. The lowest BCUT2D eigenvalue weighted by Gasteiger charge is -2.39. The Balaban J connectivity index is 1.98. The molecule has 2 aliphatic heterocycles. The minimum absolute atomic E-state index is 0.0594. The van der Waals surface area contributed by atoms with Crippen LogP contribution in [-0.4, -0.2) is 44.5 Å². The summed E-state index contributed by atoms with van der Waals surface area (Å²) in [5.41, 5.74) is 0.0745. The molecule has 10 nitrogen and oxygen atoms in total. The van der Waals surface area contributed by atoms with Gasteiger partial charge in [0.05, 0.1) is 19.8 Å². The van der Waals surface area contributed by atoms with E-state index in [1.54, 1.807) is 6.07 Å². The molecule has 10 heteroatoms. The van der Waals surface area contributed by atoms with Crippen molar-refractivity contribution >= 4 is 23.7 Å². The van der Waals surface area contributed by atoms with E-state index in [2.05, 4.69) is 6.92 Å². The lowest BCUT2D eigenvalue weighted by Crippen LogP contribution is -2.47. The Hall–Kier alpha value is -3.40. The Kier molecular flexibility index (Phi) is 8.10. The SMILES string of the molecule is CCCCCC(=O)O[C@@H]1c2cc3c(c4c2[C@@](C(=O)C(=O)OC)(CO4)C(=CC(=O)OC)C[C@H](C)[C@H]1C)COO3. The standard InChI is InChI=1S/C28H34O10/c1-6-7-8-9-21(29)37-24-16(3)15(2)10-17(11-22(30)33-4)28(26(31)27(32)34-5)14-35-25-19-13-36-38-20(19)12-18(24)23(25)28/h11-12,15-16,24H,6-10,13-14H2,1-5H3/t15-,16+,24-,28+/m0/s1. The van der Waals surface area contributed by atoms with Gasteiger partial charge in [0, 0.05) is 29.5 Å². The molecule has 1 aromatic carbocycles. The largest absolute Gasteiger partial charge is 0.491 e. The number of carbonyl (C=O) groups is 4. The highest BCUT2D eigenvalue weighted by atomic mass is 17.2. The van der Waals surface area contributed by atoms with Crippen molar-refractivity contribution in [3.05, 3.63) is 34.4 Å². The first-order valence-corrected chi connectivity index (χ1v) is 12.9. The van der Waals surface area contributed by atoms with Crippen molar-refractivity contribution in [3.8, 4) is 11.5 Å². The van der Waals surface area contributed by atoms with Gasteiger partial charge in [-0.1, -0.05) is 33.6 Å². The minimum atomic E-state index is -1.69. The fraction of sp³-hybridized carbons (Fsp3) is 0.571. The summed E-state index contributed by atoms with van der Waals surface area (Å²) >= 11 is 0. The molecule has 0 bridgehead atoms. The molecule has 4 atom stereocenters. The molecule has 3 aliphatic rings. The van der Waals surface area contributed by atoms with Crippen LogP contribution in [0.25, 0.3) is 0 Å². The van der Waals surface area contributed by atoms with Crippen LogP contribution in [0.3, 0.4) is 0 Å². The molecule has 1 aromatic rings. The van der Waals surface area contributed by atoms with Crippen LogP contribution in [-0.2, 0) is 50.3 Å². The van der Waals surface area contributed by atoms with Crippen molar-refractivity contribution in [2.75, 3.05) is 20.8 Å². The Morgan fingerprint density at radius 2 is 1.89 bits per heavy atom. The van der Waals surface area contributed by atoms with Gasteiger partial charge in [-0.25, -0.2) is 9.59 Å². The summed E-state index contributed by atoms with van der Waals surface area (Å²) in [4.78, 5) is 62.7. The quantitative estimate of drug-likeness (QED) is 0.122. The average molecular weight is 531 g/mol. The summed E-state index contributed by atoms with van der Waals surface area (Å²) in [6.45, 7) is 5.76. The zero-order valence-corrected chi connectivity index (χ0v) is 22.4. The third kappa shape index (κ3) is 4.66. The number of Topliss-reactive ketones (excluding diaryl/α,β-unsaturated/α-hetero) is 1. The summed E-state index contributed by atoms with van der Waals surface area (Å²) in [6, 6.07) is 1.68. The summed E-state index contributed by atoms with van der Waals surface area (Å²) in [6.07, 6.45) is 3.55. The van der Waals surface area contributed by atoms with Crippen molar-refractivity contribution in [3.63, 3.8) is 0 Å². The van der Waals surface area contributed by atoms with Crippen molar-refractivity contribution < 1.29 is 47.9 Å². The number of carbonyl (C=O) groups excluding carboxylic acids is 4. The lowest BCUT2D eigenvalue weighted by molar-refractivity contribution is -0.194. The van der Waals surface area contributed by atoms with Gasteiger partial charge in [0.1, 0.15) is 30.5 Å². The van der Waals surface area contributed by atoms with Gasteiger partial charge in [-0.3, -0.25) is 9.59 Å². The smallest absolute Gasteiger partial charge is 0.375 e. The third-order valence-electron chi connectivity index (χ3n) is 7.85. The molecule has 0 radical (unpaired) electrons. The van der Waals surface area contributed by atoms with Crippen LogP contribution in [0, 0.1) is 11.8 Å². The molecule has 0 unspecified atom stereocenters. The van der Waals surface area contributed by atoms with E-state index < -0.39 is 29.2 Å². The molecular weight excluding hydrogens is 496 g/mol. The molecule has 0 fully saturated rings. The summed E-state index contributed by atoms with van der Waals surface area (Å²) < 4.78 is 22.0. The Labute approximate surface area is 221 Å². The van der Waals surface area contributed by atoms with Gasteiger partial charge in [-0.2, -0.15) is 4.89 Å². The number of hydrogen-bond acceptors (Lipinski definition) is 10. The fourth-order valence-corrected chi connectivity index (χ4v) is 5.54. The first kappa shape index (κ1) is 27.6. The van der Waals surface area contributed by atoms with Crippen molar-refractivity contribution in [1.82, 2.24) is 0 Å². The predicted molar refractivity (Wildman–Crippen MR) is 132 cm³/mol. The molecular formula is C28H34O10. The zero-order valence-electron chi connectivity index (χ0n) is 22.4. The highest BCUT2D eigenvalue weighted by Crippen LogP contribution is 2.57. The first-order chi connectivity index (χ1) is 18.2. The molecule has 0 N–H and O–H groups in total. The van der Waals surface area contributed by atoms with Gasteiger partial charge in [0.2, 0.25) is 0 Å². The second kappa shape index (κ2) is 11.1. The van der Waals surface area contributed by atoms with Gasteiger partial charge < -0.3 is 23.8 Å². The zero-order chi connectivity index (χ0) is 27.6. The second-order valence-corrected chi connectivity index (χ2v) is 10.1. The van der Waals surface area contributed by atoms with Crippen LogP contribution >= 0.6 is 0 Å². The van der Waals surface area contributed by atoms with Gasteiger partial charge in [-0.15, -0.1) is 0 Å². The predicted octanol–water partition coefficient (Wildman–Crippen LogP) is 3.82. The van der Waals surface area contributed by atoms with Gasteiger partial charge >= 0.3 is 17.9 Å². The number of esters is 3. The number of methoxy groups -OCH3 is 2. The maximum atomic E-state index is 13.9. The normalized spacial score (nSPS) is 26.2. The van der Waals surface area contributed by atoms with Crippen molar-refractivity contribution in [1.29, 1.82) is 0 Å². The van der Waals surface area contributed by atoms with Gasteiger partial charge in [0.25, 0.3) is 5.78 Å². The van der Waals surface area contributed by atoms with E-state index >= 15 is 0 Å². The van der Waals surface area contributed by atoms with E-state index in [0.717, 1.165) is 20.0 Å². The van der Waals surface area contributed by atoms with Gasteiger partial charge in [-0.05, 0) is 30.4 Å². The maximum absolute atomic E-state index is 13.9. The van der Waals surface area contributed by atoms with Crippen LogP contribution in [0.15, 0.2) is 17.7 Å². The number of unbranched alkanes of at least 4 members (excludes halogenated alkanes) is 2. The van der Waals surface area contributed by atoms with Crippen LogP contribution in [0.5, 0.6) is 11.5 Å². The van der Waals surface area contributed by atoms with Gasteiger partial charge in [0.15, 0.2) is 5.75 Å². The summed E-state index contributed by atoms with van der Waals surface area (Å²) in [5, 5.41) is 0. The molecule has 1 aliphatic carbocycles. The van der Waals surface area contributed by atoms with Crippen LogP contribution in [0.4, 0.5) is 0 Å². The Morgan fingerprint density at radius 3 is 2.58 bits per heavy atom. The Morgan fingerprint density at radius 1 is 1.13 bits per heavy atom. The maximum Gasteiger partial charge on any atom is 0.375 e. The second-order valence-electron chi connectivity index (χ2n) is 10.1. The van der Waals surface area contributed by atoms with E-state index in [-0.39, 0.29) is 43.9 Å². The minimum Gasteiger partial charge on any atom is -0.491 e. The topological polar surface area (TPSA) is 124 Å². The molecule has 0 saturated carbocycles.